The summed E-state index contributed by atoms with van der Waals surface area (Å²) < 4.78 is 11.3. The number of benzene rings is 2. The number of hydrogen-bond acceptors (Lipinski definition) is 4. The number of methoxy groups -OCH3 is 1. The molecule has 1 N–H and O–H groups in total. The van der Waals surface area contributed by atoms with Crippen LogP contribution in [0, 0.1) is 11.3 Å². The molecule has 5 nitrogen and oxygen atoms in total. The molecule has 0 saturated heterocycles. The second-order valence-electron chi connectivity index (χ2n) is 5.14. The van der Waals surface area contributed by atoms with Crippen LogP contribution in [0.25, 0.3) is 6.08 Å². The Labute approximate surface area is 160 Å². The van der Waals surface area contributed by atoms with Gasteiger partial charge in [0.1, 0.15) is 29.7 Å². The molecular formula is C20H17BrN2O3. The van der Waals surface area contributed by atoms with E-state index in [0.717, 1.165) is 4.47 Å². The Bertz CT molecular complexity index is 868. The highest BCUT2D eigenvalue weighted by atomic mass is 79.9. The monoisotopic (exact) mass is 412 g/mol. The lowest BCUT2D eigenvalue weighted by Gasteiger charge is -2.07. The highest BCUT2D eigenvalue weighted by Crippen LogP contribution is 2.27. The van der Waals surface area contributed by atoms with Crippen LogP contribution in [-0.2, 0) is 4.79 Å². The predicted molar refractivity (Wildman–Crippen MR) is 105 cm³/mol. The van der Waals surface area contributed by atoms with Crippen LogP contribution >= 0.6 is 15.9 Å². The average Bonchev–Trinajstić information content (AvgIpc) is 2.66. The summed E-state index contributed by atoms with van der Waals surface area (Å²) >= 11 is 3.41. The highest BCUT2D eigenvalue weighted by molar-refractivity contribution is 9.10. The molecule has 0 saturated carbocycles. The zero-order chi connectivity index (χ0) is 18.9. The van der Waals surface area contributed by atoms with E-state index in [9.17, 15) is 10.1 Å². The summed E-state index contributed by atoms with van der Waals surface area (Å²) in [6.45, 7) is 3.99. The Morgan fingerprint density at radius 1 is 1.31 bits per heavy atom. The Balaban J connectivity index is 2.15. The number of anilines is 1. The molecule has 2 aromatic carbocycles. The second kappa shape index (κ2) is 9.44. The van der Waals surface area contributed by atoms with Crippen LogP contribution in [0.4, 0.5) is 5.69 Å². The predicted octanol–water partition coefficient (Wildman–Crippen LogP) is 4.57. The molecule has 0 aliphatic rings. The molecule has 1 amide bonds. The van der Waals surface area contributed by atoms with Gasteiger partial charge in [-0.15, -0.1) is 0 Å². The van der Waals surface area contributed by atoms with Crippen LogP contribution in [0.1, 0.15) is 5.56 Å². The van der Waals surface area contributed by atoms with Gasteiger partial charge in [-0.1, -0.05) is 18.7 Å². The molecule has 0 bridgehead atoms. The fourth-order valence-electron chi connectivity index (χ4n) is 2.06. The minimum absolute atomic E-state index is 0.00696. The second-order valence-corrected chi connectivity index (χ2v) is 6.00. The van der Waals surface area contributed by atoms with Gasteiger partial charge in [-0.2, -0.15) is 5.26 Å². The smallest absolute Gasteiger partial charge is 0.266 e. The molecule has 0 unspecified atom stereocenters. The zero-order valence-corrected chi connectivity index (χ0v) is 15.7. The normalized spacial score (nSPS) is 10.6. The summed E-state index contributed by atoms with van der Waals surface area (Å²) in [5, 5.41) is 12.0. The molecule has 0 fully saturated rings. The fourth-order valence-corrected chi connectivity index (χ4v) is 2.57. The van der Waals surface area contributed by atoms with Crippen molar-refractivity contribution in [3.05, 3.63) is 70.7 Å². The van der Waals surface area contributed by atoms with Gasteiger partial charge in [-0.25, -0.2) is 0 Å². The third-order valence-electron chi connectivity index (χ3n) is 3.34. The first kappa shape index (κ1) is 19.3. The maximum atomic E-state index is 12.3. The third-order valence-corrected chi connectivity index (χ3v) is 3.96. The molecule has 0 radical (unpaired) electrons. The molecule has 0 aliphatic carbocycles. The molecule has 26 heavy (non-hydrogen) atoms. The molecule has 2 aromatic rings. The van der Waals surface area contributed by atoms with Crippen molar-refractivity contribution in [1.29, 1.82) is 5.26 Å². The van der Waals surface area contributed by atoms with Crippen molar-refractivity contribution in [3.63, 3.8) is 0 Å². The third kappa shape index (κ3) is 5.23. The highest BCUT2D eigenvalue weighted by Gasteiger charge is 2.10. The molecule has 0 atom stereocenters. The number of nitriles is 1. The minimum Gasteiger partial charge on any atom is -0.497 e. The quantitative estimate of drug-likeness (QED) is 0.410. The van der Waals surface area contributed by atoms with E-state index in [0.29, 0.717) is 29.4 Å². The standard InChI is InChI=1S/C20H17BrN2O3/c1-3-10-26-19-9-4-14(12-18(19)21)11-15(13-22)20(24)23-16-5-7-17(25-2)8-6-16/h3-9,11-12H,1,10H2,2H3,(H,23,24)/b15-11+. The molecule has 0 aromatic heterocycles. The Hall–Kier alpha value is -3.04. The van der Waals surface area contributed by atoms with Gasteiger partial charge in [0.05, 0.1) is 11.6 Å². The minimum atomic E-state index is -0.485. The van der Waals surface area contributed by atoms with Crippen molar-refractivity contribution < 1.29 is 14.3 Å². The van der Waals surface area contributed by atoms with E-state index < -0.39 is 5.91 Å². The number of ether oxygens (including phenoxy) is 2. The summed E-state index contributed by atoms with van der Waals surface area (Å²) in [6.07, 6.45) is 3.17. The molecule has 6 heteroatoms. The molecular weight excluding hydrogens is 396 g/mol. The first-order valence-corrected chi connectivity index (χ1v) is 8.47. The summed E-state index contributed by atoms with van der Waals surface area (Å²) in [4.78, 5) is 12.3. The SMILES string of the molecule is C=CCOc1ccc(/C=C(\C#N)C(=O)Nc2ccc(OC)cc2)cc1Br. The van der Waals surface area contributed by atoms with Crippen LogP contribution in [-0.4, -0.2) is 19.6 Å². The zero-order valence-electron chi connectivity index (χ0n) is 14.2. The topological polar surface area (TPSA) is 71.3 Å². The lowest BCUT2D eigenvalue weighted by molar-refractivity contribution is -0.112. The summed E-state index contributed by atoms with van der Waals surface area (Å²) in [7, 11) is 1.57. The first-order valence-electron chi connectivity index (χ1n) is 7.68. The van der Waals surface area contributed by atoms with E-state index in [1.165, 1.54) is 6.08 Å². The number of hydrogen-bond donors (Lipinski definition) is 1. The number of halogens is 1. The number of amides is 1. The summed E-state index contributed by atoms with van der Waals surface area (Å²) in [5.41, 5.74) is 1.27. The lowest BCUT2D eigenvalue weighted by Crippen LogP contribution is -2.13. The molecule has 0 heterocycles. The van der Waals surface area contributed by atoms with Crippen LogP contribution in [0.2, 0.25) is 0 Å². The number of nitrogens with one attached hydrogen (secondary N) is 1. The van der Waals surface area contributed by atoms with Gasteiger partial charge in [0.15, 0.2) is 0 Å². The van der Waals surface area contributed by atoms with Crippen molar-refractivity contribution in [2.75, 3.05) is 19.0 Å². The number of rotatable bonds is 7. The molecule has 0 aliphatic heterocycles. The number of nitrogens with zero attached hydrogens (tertiary/aromatic N) is 1. The van der Waals surface area contributed by atoms with Crippen LogP contribution in [0.15, 0.2) is 65.2 Å². The molecule has 0 spiro atoms. The Morgan fingerprint density at radius 2 is 2.04 bits per heavy atom. The van der Waals surface area contributed by atoms with Crippen molar-refractivity contribution in [1.82, 2.24) is 0 Å². The van der Waals surface area contributed by atoms with Crippen molar-refractivity contribution in [2.24, 2.45) is 0 Å². The van der Waals surface area contributed by atoms with Gasteiger partial charge in [-0.05, 0) is 64.0 Å². The van der Waals surface area contributed by atoms with Gasteiger partial charge in [0.2, 0.25) is 0 Å². The van der Waals surface area contributed by atoms with Gasteiger partial charge in [0, 0.05) is 5.69 Å². The van der Waals surface area contributed by atoms with Gasteiger partial charge < -0.3 is 14.8 Å². The average molecular weight is 413 g/mol. The maximum Gasteiger partial charge on any atom is 0.266 e. The van der Waals surface area contributed by atoms with Crippen molar-refractivity contribution in [2.45, 2.75) is 0 Å². The van der Waals surface area contributed by atoms with E-state index in [1.54, 1.807) is 55.7 Å². The van der Waals surface area contributed by atoms with E-state index in [2.05, 4.69) is 27.8 Å². The Morgan fingerprint density at radius 3 is 2.62 bits per heavy atom. The largest absolute Gasteiger partial charge is 0.497 e. The van der Waals surface area contributed by atoms with E-state index in [-0.39, 0.29) is 5.57 Å². The fraction of sp³-hybridized carbons (Fsp3) is 0.100. The summed E-state index contributed by atoms with van der Waals surface area (Å²) in [5.74, 6) is 0.853. The van der Waals surface area contributed by atoms with Gasteiger partial charge in [-0.3, -0.25) is 4.79 Å². The first-order chi connectivity index (χ1) is 12.6. The van der Waals surface area contributed by atoms with E-state index >= 15 is 0 Å². The van der Waals surface area contributed by atoms with E-state index in [1.807, 2.05) is 6.07 Å². The van der Waals surface area contributed by atoms with E-state index in [4.69, 9.17) is 9.47 Å². The molecule has 2 rings (SSSR count). The summed E-state index contributed by atoms with van der Waals surface area (Å²) in [6, 6.07) is 14.1. The maximum absolute atomic E-state index is 12.3. The van der Waals surface area contributed by atoms with Crippen LogP contribution in [0.5, 0.6) is 11.5 Å². The van der Waals surface area contributed by atoms with Gasteiger partial charge >= 0.3 is 0 Å². The number of carbonyl (C=O) groups excluding carboxylic acids is 1. The number of carbonyl (C=O) groups is 1. The van der Waals surface area contributed by atoms with Gasteiger partial charge in [0.25, 0.3) is 5.91 Å². The van der Waals surface area contributed by atoms with Crippen molar-refractivity contribution >= 4 is 33.6 Å². The van der Waals surface area contributed by atoms with Crippen LogP contribution in [0.3, 0.4) is 0 Å². The van der Waals surface area contributed by atoms with Crippen LogP contribution < -0.4 is 14.8 Å². The lowest BCUT2D eigenvalue weighted by atomic mass is 10.1. The molecule has 132 valence electrons. The van der Waals surface area contributed by atoms with Crippen molar-refractivity contribution in [3.8, 4) is 17.6 Å². The Kier molecular flexibility index (Phi) is 7.01.